The summed E-state index contributed by atoms with van der Waals surface area (Å²) in [7, 11) is 1.30. The lowest BCUT2D eigenvalue weighted by Crippen LogP contribution is -2.61. The first-order valence-corrected chi connectivity index (χ1v) is 9.69. The molecular formula is C21H30N3O3+. The van der Waals surface area contributed by atoms with Crippen molar-refractivity contribution in [1.82, 2.24) is 0 Å². The summed E-state index contributed by atoms with van der Waals surface area (Å²) in [5, 5.41) is 2.99. The number of carbonyl (C=O) groups is 2. The summed E-state index contributed by atoms with van der Waals surface area (Å²) in [6.45, 7) is 16.2. The summed E-state index contributed by atoms with van der Waals surface area (Å²) >= 11 is 0. The number of benzene rings is 1. The molecule has 0 saturated carbocycles. The number of nitrogens with one attached hydrogen (secondary N) is 1. The fraction of sp³-hybridized carbons (Fsp3) is 0.571. The topological polar surface area (TPSA) is 59.8 Å². The van der Waals surface area contributed by atoms with Crippen molar-refractivity contribution in [3.8, 4) is 0 Å². The number of nitrogens with zero attached hydrogens (tertiary/aromatic N) is 2. The number of amides is 1. The highest BCUT2D eigenvalue weighted by molar-refractivity contribution is 6.04. The number of hydrogen-bond donors (Lipinski definition) is 1. The molecule has 2 rings (SSSR count). The van der Waals surface area contributed by atoms with Gasteiger partial charge in [0.25, 0.3) is 5.91 Å². The van der Waals surface area contributed by atoms with Crippen molar-refractivity contribution < 1.29 is 18.8 Å². The number of ether oxygens (including phenoxy) is 1. The largest absolute Gasteiger partial charge is 0.465 e. The van der Waals surface area contributed by atoms with Gasteiger partial charge in [-0.3, -0.25) is 4.79 Å². The Balaban J connectivity index is 2.38. The van der Waals surface area contributed by atoms with Gasteiger partial charge in [0.15, 0.2) is 11.7 Å². The maximum atomic E-state index is 13.2. The summed E-state index contributed by atoms with van der Waals surface area (Å²) in [5.41, 5.74) is 1.72. The number of piperidine rings is 1. The number of likely N-dealkylation sites (tertiary alicyclic amines) is 1. The molecule has 1 aliphatic heterocycles. The standard InChI is InChI=1S/C21H29N3O3/c1-6-18(24(7-2)11-9-8-10-12-24)20(25)23-19-15(3)13-16(22-4)14-17(19)21(26)27-5/h13-14,18H,6-12H2,1-3,5H3/p+1. The first-order valence-electron chi connectivity index (χ1n) is 9.69. The Labute approximate surface area is 161 Å². The molecule has 146 valence electrons. The van der Waals surface area contributed by atoms with Gasteiger partial charge in [0, 0.05) is 6.42 Å². The van der Waals surface area contributed by atoms with Gasteiger partial charge in [-0.15, -0.1) is 0 Å². The molecule has 1 aromatic carbocycles. The summed E-state index contributed by atoms with van der Waals surface area (Å²) in [4.78, 5) is 28.9. The van der Waals surface area contributed by atoms with Crippen molar-refractivity contribution in [3.05, 3.63) is 34.7 Å². The number of anilines is 1. The van der Waals surface area contributed by atoms with Crippen LogP contribution in [0.3, 0.4) is 0 Å². The van der Waals surface area contributed by atoms with Gasteiger partial charge in [-0.05, 0) is 44.7 Å². The van der Waals surface area contributed by atoms with Crippen molar-refractivity contribution in [2.45, 2.75) is 52.5 Å². The van der Waals surface area contributed by atoms with Gasteiger partial charge in [-0.25, -0.2) is 9.64 Å². The molecule has 0 radical (unpaired) electrons. The van der Waals surface area contributed by atoms with E-state index in [4.69, 9.17) is 11.3 Å². The first kappa shape index (κ1) is 20.9. The van der Waals surface area contributed by atoms with Crippen molar-refractivity contribution >= 4 is 23.3 Å². The molecule has 6 nitrogen and oxygen atoms in total. The summed E-state index contributed by atoms with van der Waals surface area (Å²) in [6.07, 6.45) is 4.25. The lowest BCUT2D eigenvalue weighted by Gasteiger charge is -2.45. The zero-order valence-electron chi connectivity index (χ0n) is 16.8. The number of carbonyl (C=O) groups excluding carboxylic acids is 2. The normalized spacial score (nSPS) is 16.9. The number of likely N-dealkylation sites (N-methyl/N-ethyl adjacent to an activating group) is 1. The Morgan fingerprint density at radius 2 is 1.93 bits per heavy atom. The van der Waals surface area contributed by atoms with Gasteiger partial charge in [0.05, 0.1) is 44.6 Å². The number of quaternary nitrogens is 1. The summed E-state index contributed by atoms with van der Waals surface area (Å²) in [5.74, 6) is -0.616. The number of esters is 1. The monoisotopic (exact) mass is 372 g/mol. The zero-order valence-corrected chi connectivity index (χ0v) is 16.8. The molecule has 1 heterocycles. The predicted octanol–water partition coefficient (Wildman–Crippen LogP) is 4.07. The van der Waals surface area contributed by atoms with Crippen LogP contribution in [0.25, 0.3) is 4.85 Å². The lowest BCUT2D eigenvalue weighted by atomic mass is 10.00. The predicted molar refractivity (Wildman–Crippen MR) is 106 cm³/mol. The molecule has 0 spiro atoms. The second-order valence-corrected chi connectivity index (χ2v) is 7.24. The molecule has 0 bridgehead atoms. The maximum Gasteiger partial charge on any atom is 0.338 e. The van der Waals surface area contributed by atoms with Crippen LogP contribution in [0, 0.1) is 13.5 Å². The average molecular weight is 372 g/mol. The highest BCUT2D eigenvalue weighted by Crippen LogP contribution is 2.30. The van der Waals surface area contributed by atoms with E-state index in [2.05, 4.69) is 17.1 Å². The third-order valence-corrected chi connectivity index (χ3v) is 5.79. The number of hydrogen-bond acceptors (Lipinski definition) is 3. The van der Waals surface area contributed by atoms with E-state index in [1.165, 1.54) is 19.6 Å². The molecule has 6 heteroatoms. The van der Waals surface area contributed by atoms with E-state index >= 15 is 0 Å². The molecule has 27 heavy (non-hydrogen) atoms. The number of methoxy groups -OCH3 is 1. The molecule has 0 aliphatic carbocycles. The third kappa shape index (κ3) is 4.30. The van der Waals surface area contributed by atoms with Crippen LogP contribution < -0.4 is 5.32 Å². The minimum atomic E-state index is -0.552. The van der Waals surface area contributed by atoms with Crippen LogP contribution in [0.2, 0.25) is 0 Å². The maximum absolute atomic E-state index is 13.2. The van der Waals surface area contributed by atoms with Gasteiger partial charge in [-0.2, -0.15) is 0 Å². The molecule has 1 aliphatic rings. The molecular weight excluding hydrogens is 342 g/mol. The molecule has 0 aromatic heterocycles. The zero-order chi connectivity index (χ0) is 20.0. The van der Waals surface area contributed by atoms with Crippen LogP contribution >= 0.6 is 0 Å². The Morgan fingerprint density at radius 3 is 2.44 bits per heavy atom. The van der Waals surface area contributed by atoms with Crippen LogP contribution in [0.15, 0.2) is 12.1 Å². The minimum absolute atomic E-state index is 0.0648. The lowest BCUT2D eigenvalue weighted by molar-refractivity contribution is -0.945. The van der Waals surface area contributed by atoms with Gasteiger partial charge in [0.2, 0.25) is 0 Å². The van der Waals surface area contributed by atoms with E-state index in [1.807, 2.05) is 6.92 Å². The van der Waals surface area contributed by atoms with E-state index in [0.29, 0.717) is 16.9 Å². The molecule has 1 saturated heterocycles. The molecule has 1 aromatic rings. The molecule has 1 amide bonds. The van der Waals surface area contributed by atoms with Crippen LogP contribution in [0.4, 0.5) is 11.4 Å². The third-order valence-electron chi connectivity index (χ3n) is 5.79. The van der Waals surface area contributed by atoms with Crippen LogP contribution in [-0.4, -0.2) is 49.1 Å². The second-order valence-electron chi connectivity index (χ2n) is 7.24. The quantitative estimate of drug-likeness (QED) is 0.465. The molecule has 1 N–H and O–H groups in total. The van der Waals surface area contributed by atoms with E-state index in [0.717, 1.165) is 43.4 Å². The fourth-order valence-corrected chi connectivity index (χ4v) is 4.29. The SMILES string of the molecule is [C-]#[N+]c1cc(C)c(NC(=O)C(CC)[N+]2(CC)CCCCC2)c(C(=O)OC)c1. The van der Waals surface area contributed by atoms with E-state index in [9.17, 15) is 9.59 Å². The van der Waals surface area contributed by atoms with Gasteiger partial charge in [0.1, 0.15) is 0 Å². The van der Waals surface area contributed by atoms with E-state index < -0.39 is 5.97 Å². The Bertz CT molecular complexity index is 746. The second kappa shape index (κ2) is 9.01. The number of aryl methyl sites for hydroxylation is 1. The average Bonchev–Trinajstić information content (AvgIpc) is 2.69. The van der Waals surface area contributed by atoms with E-state index in [-0.39, 0.29) is 17.5 Å². The van der Waals surface area contributed by atoms with Gasteiger partial charge >= 0.3 is 5.97 Å². The first-order chi connectivity index (χ1) is 12.9. The fourth-order valence-electron chi connectivity index (χ4n) is 4.29. The van der Waals surface area contributed by atoms with Gasteiger partial charge in [-0.1, -0.05) is 13.0 Å². The van der Waals surface area contributed by atoms with Crippen LogP contribution in [-0.2, 0) is 9.53 Å². The number of rotatable bonds is 6. The summed E-state index contributed by atoms with van der Waals surface area (Å²) < 4.78 is 5.66. The molecule has 1 fully saturated rings. The van der Waals surface area contributed by atoms with Gasteiger partial charge < -0.3 is 14.5 Å². The Hall–Kier alpha value is -2.39. The molecule has 1 atom stereocenters. The summed E-state index contributed by atoms with van der Waals surface area (Å²) in [6, 6.07) is 3.01. The van der Waals surface area contributed by atoms with Crippen LogP contribution in [0.1, 0.15) is 55.5 Å². The van der Waals surface area contributed by atoms with Crippen molar-refractivity contribution in [3.63, 3.8) is 0 Å². The Kier molecular flexibility index (Phi) is 6.98. The smallest absolute Gasteiger partial charge is 0.338 e. The van der Waals surface area contributed by atoms with E-state index in [1.54, 1.807) is 13.0 Å². The van der Waals surface area contributed by atoms with Crippen molar-refractivity contribution in [2.24, 2.45) is 0 Å². The minimum Gasteiger partial charge on any atom is -0.465 e. The van der Waals surface area contributed by atoms with Crippen molar-refractivity contribution in [1.29, 1.82) is 0 Å². The van der Waals surface area contributed by atoms with Crippen LogP contribution in [0.5, 0.6) is 0 Å². The Morgan fingerprint density at radius 1 is 1.26 bits per heavy atom. The molecule has 1 unspecified atom stereocenters. The van der Waals surface area contributed by atoms with Crippen molar-refractivity contribution in [2.75, 3.05) is 32.1 Å². The highest BCUT2D eigenvalue weighted by Gasteiger charge is 2.40. The highest BCUT2D eigenvalue weighted by atomic mass is 16.5.